The molecular weight excluding hydrogens is 466 g/mol. The number of carbonyl (C=O) groups excluding carboxylic acids is 1. The number of hydrogen-bond acceptors (Lipinski definition) is 10. The van der Waals surface area contributed by atoms with Gasteiger partial charge in [-0.15, -0.1) is 10.2 Å². The standard InChI is InChI=1S/C24H29N7O3S/c1-13(25)21(35-26)20-18(14(2)30-34-20)24(32)31-11-16(12-31)22-28-29-23(33-22)19-17(9-6-10-27-19)15-7-4-3-5-8-15/h3-5,7-8,16-17,19,27H,6,9-12,25-26H2,1-2H3/b21-13-. The van der Waals surface area contributed by atoms with Gasteiger partial charge in [0.1, 0.15) is 5.56 Å². The molecule has 2 aliphatic rings. The molecule has 0 bridgehead atoms. The number of piperidine rings is 1. The lowest BCUT2D eigenvalue weighted by Crippen LogP contribution is -2.48. The first kappa shape index (κ1) is 23.6. The molecule has 2 saturated heterocycles. The van der Waals surface area contributed by atoms with Crippen molar-refractivity contribution in [3.05, 3.63) is 70.4 Å². The van der Waals surface area contributed by atoms with Crippen LogP contribution >= 0.6 is 11.9 Å². The van der Waals surface area contributed by atoms with Gasteiger partial charge in [-0.05, 0) is 50.7 Å². The van der Waals surface area contributed by atoms with Crippen LogP contribution in [0.15, 0.2) is 45.0 Å². The molecule has 2 fully saturated rings. The van der Waals surface area contributed by atoms with E-state index in [1.54, 1.807) is 18.7 Å². The summed E-state index contributed by atoms with van der Waals surface area (Å²) in [6, 6.07) is 10.4. The van der Waals surface area contributed by atoms with Crippen molar-refractivity contribution in [3.8, 4) is 0 Å². The van der Waals surface area contributed by atoms with Gasteiger partial charge in [0.2, 0.25) is 11.8 Å². The first-order valence-electron chi connectivity index (χ1n) is 11.7. The summed E-state index contributed by atoms with van der Waals surface area (Å²) in [6.45, 7) is 5.30. The molecular formula is C24H29N7O3S. The van der Waals surface area contributed by atoms with Gasteiger partial charge in [-0.2, -0.15) is 0 Å². The Labute approximate surface area is 207 Å². The first-order chi connectivity index (χ1) is 17.0. The second-order valence-corrected chi connectivity index (χ2v) is 9.72. The zero-order chi connectivity index (χ0) is 24.5. The Bertz CT molecular complexity index is 1230. The molecule has 1 aromatic carbocycles. The fourth-order valence-corrected chi connectivity index (χ4v) is 5.24. The number of benzene rings is 1. The van der Waals surface area contributed by atoms with Gasteiger partial charge in [0.05, 0.1) is 22.6 Å². The highest BCUT2D eigenvalue weighted by molar-refractivity contribution is 8.06. The molecule has 3 aromatic rings. The van der Waals surface area contributed by atoms with E-state index in [1.165, 1.54) is 5.56 Å². The summed E-state index contributed by atoms with van der Waals surface area (Å²) in [7, 11) is 0. The monoisotopic (exact) mass is 495 g/mol. The molecule has 2 aromatic heterocycles. The maximum absolute atomic E-state index is 13.2. The summed E-state index contributed by atoms with van der Waals surface area (Å²) in [4.78, 5) is 15.5. The van der Waals surface area contributed by atoms with Crippen molar-refractivity contribution in [1.29, 1.82) is 0 Å². The van der Waals surface area contributed by atoms with Crippen molar-refractivity contribution < 1.29 is 13.7 Å². The predicted octanol–water partition coefficient (Wildman–Crippen LogP) is 3.07. The number of nitrogens with one attached hydrogen (secondary N) is 1. The third-order valence-corrected chi connectivity index (χ3v) is 7.43. The van der Waals surface area contributed by atoms with Crippen LogP contribution < -0.4 is 16.2 Å². The van der Waals surface area contributed by atoms with Crippen LogP contribution in [-0.4, -0.2) is 45.8 Å². The number of nitrogens with zero attached hydrogens (tertiary/aromatic N) is 4. The largest absolute Gasteiger partial charge is 0.423 e. The van der Waals surface area contributed by atoms with Crippen LogP contribution in [0.4, 0.5) is 0 Å². The molecule has 1 amide bonds. The number of hydrogen-bond donors (Lipinski definition) is 3. The van der Waals surface area contributed by atoms with Gasteiger partial charge in [-0.25, -0.2) is 0 Å². The number of likely N-dealkylation sites (tertiary alicyclic amines) is 1. The van der Waals surface area contributed by atoms with Gasteiger partial charge < -0.3 is 24.9 Å². The normalized spacial score (nSPS) is 21.5. The summed E-state index contributed by atoms with van der Waals surface area (Å²) in [5, 5.41) is 22.0. The molecule has 4 heterocycles. The number of nitrogens with two attached hydrogens (primary N) is 2. The van der Waals surface area contributed by atoms with Gasteiger partial charge in [-0.1, -0.05) is 35.5 Å². The smallest absolute Gasteiger partial charge is 0.259 e. The van der Waals surface area contributed by atoms with Crippen LogP contribution in [0.3, 0.4) is 0 Å². The quantitative estimate of drug-likeness (QED) is 0.435. The third kappa shape index (κ3) is 4.46. The van der Waals surface area contributed by atoms with Gasteiger partial charge in [-0.3, -0.25) is 9.93 Å². The molecule has 5 rings (SSSR count). The number of carbonyl (C=O) groups is 1. The van der Waals surface area contributed by atoms with Crippen molar-refractivity contribution in [1.82, 2.24) is 25.6 Å². The Balaban J connectivity index is 1.29. The second-order valence-electron chi connectivity index (χ2n) is 9.08. The summed E-state index contributed by atoms with van der Waals surface area (Å²) >= 11 is 0.936. The van der Waals surface area contributed by atoms with Crippen molar-refractivity contribution in [2.45, 2.75) is 44.6 Å². The fraction of sp³-hybridized carbons (Fsp3) is 0.417. The minimum atomic E-state index is -0.180. The molecule has 11 heteroatoms. The Morgan fingerprint density at radius 2 is 1.94 bits per heavy atom. The lowest BCUT2D eigenvalue weighted by atomic mass is 9.85. The highest BCUT2D eigenvalue weighted by atomic mass is 32.2. The SMILES string of the molecule is C/C(N)=C(/SN)c1onc(C)c1C(=O)N1CC(c2nnc(C3NCCCC3c3ccccc3)o2)C1. The highest BCUT2D eigenvalue weighted by Gasteiger charge is 2.40. The minimum Gasteiger partial charge on any atom is -0.423 e. The third-order valence-electron chi connectivity index (χ3n) is 6.69. The first-order valence-corrected chi connectivity index (χ1v) is 12.6. The molecule has 0 aliphatic carbocycles. The van der Waals surface area contributed by atoms with E-state index < -0.39 is 0 Å². The average molecular weight is 496 g/mol. The zero-order valence-corrected chi connectivity index (χ0v) is 20.5. The summed E-state index contributed by atoms with van der Waals surface area (Å²) in [5.41, 5.74) is 8.53. The molecule has 10 nitrogen and oxygen atoms in total. The van der Waals surface area contributed by atoms with Crippen molar-refractivity contribution in [2.24, 2.45) is 10.9 Å². The molecule has 0 radical (unpaired) electrons. The van der Waals surface area contributed by atoms with Crippen LogP contribution in [0.1, 0.15) is 76.8 Å². The van der Waals surface area contributed by atoms with Crippen molar-refractivity contribution in [3.63, 3.8) is 0 Å². The van der Waals surface area contributed by atoms with Crippen LogP contribution in [0.5, 0.6) is 0 Å². The lowest BCUT2D eigenvalue weighted by molar-refractivity contribution is 0.0572. The number of allylic oxidation sites excluding steroid dienone is 1. The molecule has 0 saturated carbocycles. The summed E-state index contributed by atoms with van der Waals surface area (Å²) in [6.07, 6.45) is 2.16. The number of aryl methyl sites for hydroxylation is 1. The van der Waals surface area contributed by atoms with E-state index in [0.29, 0.717) is 52.5 Å². The Kier molecular flexibility index (Phi) is 6.63. The summed E-state index contributed by atoms with van der Waals surface area (Å²) < 4.78 is 11.5. The lowest BCUT2D eigenvalue weighted by Gasteiger charge is -2.37. The Hall–Kier alpha value is -3.15. The van der Waals surface area contributed by atoms with Gasteiger partial charge in [0, 0.05) is 24.7 Å². The molecule has 5 N–H and O–H groups in total. The average Bonchev–Trinajstić information content (AvgIpc) is 3.46. The maximum atomic E-state index is 13.2. The van der Waals surface area contributed by atoms with Crippen molar-refractivity contribution >= 4 is 22.8 Å². The molecule has 0 spiro atoms. The van der Waals surface area contributed by atoms with Gasteiger partial charge in [0.15, 0.2) is 5.76 Å². The van der Waals surface area contributed by atoms with Crippen LogP contribution in [0, 0.1) is 6.92 Å². The van der Waals surface area contributed by atoms with E-state index in [2.05, 4.69) is 44.9 Å². The minimum absolute atomic E-state index is 0.0160. The predicted molar refractivity (Wildman–Crippen MR) is 132 cm³/mol. The highest BCUT2D eigenvalue weighted by Crippen LogP contribution is 2.38. The van der Waals surface area contributed by atoms with Crippen LogP contribution in [-0.2, 0) is 0 Å². The van der Waals surface area contributed by atoms with Gasteiger partial charge in [0.25, 0.3) is 5.91 Å². The van der Waals surface area contributed by atoms with Crippen LogP contribution in [0.2, 0.25) is 0 Å². The fourth-order valence-electron chi connectivity index (χ4n) is 4.81. The van der Waals surface area contributed by atoms with E-state index in [-0.39, 0.29) is 23.8 Å². The molecule has 35 heavy (non-hydrogen) atoms. The number of aromatic nitrogens is 3. The number of amides is 1. The van der Waals surface area contributed by atoms with E-state index in [9.17, 15) is 4.79 Å². The summed E-state index contributed by atoms with van der Waals surface area (Å²) in [5.74, 6) is 1.55. The van der Waals surface area contributed by atoms with Gasteiger partial charge >= 0.3 is 0 Å². The topological polar surface area (TPSA) is 149 Å². The van der Waals surface area contributed by atoms with E-state index >= 15 is 0 Å². The Morgan fingerprint density at radius 3 is 2.66 bits per heavy atom. The van der Waals surface area contributed by atoms with E-state index in [4.69, 9.17) is 19.8 Å². The zero-order valence-electron chi connectivity index (χ0n) is 19.7. The van der Waals surface area contributed by atoms with Crippen molar-refractivity contribution in [2.75, 3.05) is 19.6 Å². The van der Waals surface area contributed by atoms with Crippen LogP contribution in [0.25, 0.3) is 4.91 Å². The molecule has 184 valence electrons. The molecule has 2 atom stereocenters. The maximum Gasteiger partial charge on any atom is 0.259 e. The second kappa shape index (κ2) is 9.84. The number of rotatable bonds is 6. The Morgan fingerprint density at radius 1 is 1.20 bits per heavy atom. The van der Waals surface area contributed by atoms with E-state index in [1.807, 2.05) is 6.07 Å². The van der Waals surface area contributed by atoms with E-state index in [0.717, 1.165) is 31.3 Å². The molecule has 2 aliphatic heterocycles. The molecule has 2 unspecified atom stereocenters.